The number of anilines is 1. The SMILES string of the molecule is Nc1c(Br)ccc[n+]1CC(=O)C(Cl)Cl. The first-order valence-electron chi connectivity index (χ1n) is 3.76. The molecule has 14 heavy (non-hydrogen) atoms. The number of hydrogen-bond donors (Lipinski definition) is 1. The highest BCUT2D eigenvalue weighted by molar-refractivity contribution is 9.10. The van der Waals surface area contributed by atoms with Gasteiger partial charge in [0, 0.05) is 0 Å². The lowest BCUT2D eigenvalue weighted by Crippen LogP contribution is -2.42. The average molecular weight is 299 g/mol. The number of nitrogens with two attached hydrogens (primary N) is 1. The minimum absolute atomic E-state index is 0.0724. The monoisotopic (exact) mass is 297 g/mol. The Labute approximate surface area is 99.9 Å². The van der Waals surface area contributed by atoms with E-state index in [2.05, 4.69) is 15.9 Å². The number of nitrogens with zero attached hydrogens (tertiary/aromatic N) is 1. The molecule has 0 radical (unpaired) electrons. The lowest BCUT2D eigenvalue weighted by molar-refractivity contribution is -0.670. The van der Waals surface area contributed by atoms with E-state index in [1.165, 1.54) is 0 Å². The minimum atomic E-state index is -1.01. The number of halogens is 3. The van der Waals surface area contributed by atoms with Gasteiger partial charge in [0.05, 0.1) is 6.20 Å². The van der Waals surface area contributed by atoms with Crippen molar-refractivity contribution < 1.29 is 9.36 Å². The van der Waals surface area contributed by atoms with Crippen molar-refractivity contribution >= 4 is 50.7 Å². The van der Waals surface area contributed by atoms with Gasteiger partial charge in [-0.25, -0.2) is 4.57 Å². The number of pyridine rings is 1. The highest BCUT2D eigenvalue weighted by atomic mass is 79.9. The van der Waals surface area contributed by atoms with Crippen LogP contribution in [0, 0.1) is 0 Å². The molecule has 0 saturated heterocycles. The molecule has 0 aliphatic heterocycles. The number of nitrogen functional groups attached to an aromatic ring is 1. The molecule has 0 aliphatic rings. The number of rotatable bonds is 3. The largest absolute Gasteiger partial charge is 0.292 e. The Morgan fingerprint density at radius 3 is 2.86 bits per heavy atom. The number of hydrogen-bond acceptors (Lipinski definition) is 2. The summed E-state index contributed by atoms with van der Waals surface area (Å²) in [5.41, 5.74) is 5.71. The Morgan fingerprint density at radius 2 is 2.29 bits per heavy atom. The fraction of sp³-hybridized carbons (Fsp3) is 0.250. The van der Waals surface area contributed by atoms with E-state index in [-0.39, 0.29) is 12.3 Å². The second-order valence-corrected chi connectivity index (χ2v) is 4.59. The van der Waals surface area contributed by atoms with E-state index in [1.807, 2.05) is 0 Å². The van der Waals surface area contributed by atoms with Gasteiger partial charge in [0.15, 0.2) is 11.4 Å². The predicted octanol–water partition coefficient (Wildman–Crippen LogP) is 1.69. The highest BCUT2D eigenvalue weighted by Gasteiger charge is 2.17. The minimum Gasteiger partial charge on any atom is -0.292 e. The molecule has 0 aliphatic carbocycles. The molecule has 1 aromatic heterocycles. The van der Waals surface area contributed by atoms with Gasteiger partial charge in [0.25, 0.3) is 5.82 Å². The maximum absolute atomic E-state index is 11.2. The molecule has 0 fully saturated rings. The van der Waals surface area contributed by atoms with E-state index in [1.54, 1.807) is 22.9 Å². The van der Waals surface area contributed by atoms with Crippen molar-refractivity contribution in [3.8, 4) is 0 Å². The van der Waals surface area contributed by atoms with Crippen molar-refractivity contribution in [3.05, 3.63) is 22.8 Å². The number of aromatic nitrogens is 1. The molecule has 0 amide bonds. The summed E-state index contributed by atoms with van der Waals surface area (Å²) in [6, 6.07) is 3.56. The van der Waals surface area contributed by atoms with Crippen LogP contribution in [0.5, 0.6) is 0 Å². The third-order valence-corrected chi connectivity index (χ3v) is 2.79. The summed E-state index contributed by atoms with van der Waals surface area (Å²) in [5.74, 6) is 0.179. The van der Waals surface area contributed by atoms with Crippen LogP contribution in [0.2, 0.25) is 0 Å². The molecule has 76 valence electrons. The van der Waals surface area contributed by atoms with E-state index in [4.69, 9.17) is 28.9 Å². The fourth-order valence-electron chi connectivity index (χ4n) is 0.909. The molecule has 0 aromatic carbocycles. The summed E-state index contributed by atoms with van der Waals surface area (Å²) in [5, 5.41) is 0. The molecular formula is C8H8BrCl2N2O+. The van der Waals surface area contributed by atoms with Gasteiger partial charge in [-0.2, -0.15) is 0 Å². The Kier molecular flexibility index (Phi) is 4.16. The van der Waals surface area contributed by atoms with E-state index < -0.39 is 4.84 Å². The maximum atomic E-state index is 11.2. The van der Waals surface area contributed by atoms with Crippen LogP contribution < -0.4 is 10.3 Å². The fourth-order valence-corrected chi connectivity index (χ4v) is 1.43. The van der Waals surface area contributed by atoms with Crippen molar-refractivity contribution in [2.24, 2.45) is 0 Å². The van der Waals surface area contributed by atoms with Gasteiger partial charge in [-0.05, 0) is 28.1 Å². The van der Waals surface area contributed by atoms with Crippen molar-refractivity contribution in [3.63, 3.8) is 0 Å². The Balaban J connectivity index is 2.87. The molecular weight excluding hydrogens is 291 g/mol. The first-order valence-corrected chi connectivity index (χ1v) is 5.43. The third-order valence-electron chi connectivity index (χ3n) is 1.63. The summed E-state index contributed by atoms with van der Waals surface area (Å²) in [7, 11) is 0. The van der Waals surface area contributed by atoms with Crippen LogP contribution in [-0.2, 0) is 11.3 Å². The average Bonchev–Trinajstić information content (AvgIpc) is 2.12. The normalized spacial score (nSPS) is 10.6. The van der Waals surface area contributed by atoms with E-state index >= 15 is 0 Å². The van der Waals surface area contributed by atoms with Crippen molar-refractivity contribution in [1.82, 2.24) is 0 Å². The molecule has 2 N–H and O–H groups in total. The molecule has 0 atom stereocenters. The summed E-state index contributed by atoms with van der Waals surface area (Å²) >= 11 is 14.1. The summed E-state index contributed by atoms with van der Waals surface area (Å²) < 4.78 is 2.30. The Bertz CT molecular complexity index is 357. The van der Waals surface area contributed by atoms with Crippen molar-refractivity contribution in [1.29, 1.82) is 0 Å². The van der Waals surface area contributed by atoms with Crippen molar-refractivity contribution in [2.45, 2.75) is 11.4 Å². The number of alkyl halides is 2. The molecule has 0 saturated carbocycles. The van der Waals surface area contributed by atoms with Gasteiger partial charge in [0.1, 0.15) is 4.47 Å². The van der Waals surface area contributed by atoms with Gasteiger partial charge in [0.2, 0.25) is 5.78 Å². The summed E-state index contributed by atoms with van der Waals surface area (Å²) in [6.45, 7) is 0.0724. The molecule has 1 aromatic rings. The topological polar surface area (TPSA) is 47.0 Å². The molecule has 0 unspecified atom stereocenters. The Hall–Kier alpha value is -0.320. The van der Waals surface area contributed by atoms with Crippen LogP contribution in [0.1, 0.15) is 0 Å². The lowest BCUT2D eigenvalue weighted by atomic mass is 10.4. The zero-order chi connectivity index (χ0) is 10.7. The van der Waals surface area contributed by atoms with Crippen LogP contribution in [0.4, 0.5) is 5.82 Å². The number of Topliss-reactive ketones (excluding diaryl/α,β-unsaturated/α-hetero) is 1. The molecule has 1 heterocycles. The zero-order valence-corrected chi connectivity index (χ0v) is 10.2. The number of ketones is 1. The van der Waals surface area contributed by atoms with Gasteiger partial charge in [-0.1, -0.05) is 23.2 Å². The molecule has 3 nitrogen and oxygen atoms in total. The van der Waals surface area contributed by atoms with E-state index in [9.17, 15) is 4.79 Å². The number of carbonyl (C=O) groups is 1. The van der Waals surface area contributed by atoms with E-state index in [0.29, 0.717) is 5.82 Å². The van der Waals surface area contributed by atoms with Gasteiger partial charge in [-0.3, -0.25) is 10.5 Å². The first kappa shape index (κ1) is 11.8. The second kappa shape index (κ2) is 4.96. The quantitative estimate of drug-likeness (QED) is 0.682. The summed E-state index contributed by atoms with van der Waals surface area (Å²) in [6.07, 6.45) is 1.69. The first-order chi connectivity index (χ1) is 6.52. The molecule has 0 bridgehead atoms. The van der Waals surface area contributed by atoms with Crippen molar-refractivity contribution in [2.75, 3.05) is 5.73 Å². The standard InChI is InChI=1S/C8H7BrCl2N2O/c9-5-2-1-3-13(8(5)12)4-6(14)7(10)11/h1-3,7,12H,4H2/p+1. The molecule has 1 rings (SSSR count). The predicted molar refractivity (Wildman–Crippen MR) is 59.3 cm³/mol. The lowest BCUT2D eigenvalue weighted by Gasteiger charge is -2.03. The van der Waals surface area contributed by atoms with Crippen LogP contribution in [0.15, 0.2) is 22.8 Å². The summed E-state index contributed by atoms with van der Waals surface area (Å²) in [4.78, 5) is 10.2. The zero-order valence-electron chi connectivity index (χ0n) is 7.08. The molecule has 6 heteroatoms. The van der Waals surface area contributed by atoms with Crippen LogP contribution in [-0.4, -0.2) is 10.6 Å². The maximum Gasteiger partial charge on any atom is 0.287 e. The third kappa shape index (κ3) is 2.83. The van der Waals surface area contributed by atoms with Gasteiger partial charge >= 0.3 is 0 Å². The van der Waals surface area contributed by atoms with E-state index in [0.717, 1.165) is 4.47 Å². The van der Waals surface area contributed by atoms with Gasteiger partial charge < -0.3 is 0 Å². The van der Waals surface area contributed by atoms with Crippen LogP contribution >= 0.6 is 39.1 Å². The smallest absolute Gasteiger partial charge is 0.287 e. The highest BCUT2D eigenvalue weighted by Crippen LogP contribution is 2.13. The second-order valence-electron chi connectivity index (χ2n) is 2.64. The van der Waals surface area contributed by atoms with Gasteiger partial charge in [-0.15, -0.1) is 0 Å². The van der Waals surface area contributed by atoms with Crippen LogP contribution in [0.3, 0.4) is 0 Å². The molecule has 0 spiro atoms. The number of carbonyl (C=O) groups excluding carboxylic acids is 1. The van der Waals surface area contributed by atoms with Crippen LogP contribution in [0.25, 0.3) is 0 Å². The Morgan fingerprint density at radius 1 is 1.64 bits per heavy atom.